The Labute approximate surface area is 184 Å². The van der Waals surface area contributed by atoms with Crippen LogP contribution in [0.3, 0.4) is 0 Å². The first-order chi connectivity index (χ1) is 14.2. The van der Waals surface area contributed by atoms with Crippen LogP contribution in [0, 0.1) is 19.3 Å². The van der Waals surface area contributed by atoms with Crippen molar-refractivity contribution in [2.45, 2.75) is 105 Å². The summed E-state index contributed by atoms with van der Waals surface area (Å²) in [5.41, 5.74) is 3.75. The maximum absolute atomic E-state index is 12.9. The number of aryl methyl sites for hydroxylation is 2. The topological polar surface area (TPSA) is 43.4 Å². The minimum absolute atomic E-state index is 0.181. The lowest BCUT2D eigenvalue weighted by atomic mass is 9.88. The number of hydrogen-bond acceptors (Lipinski definition) is 3. The van der Waals surface area contributed by atoms with Gasteiger partial charge >= 0.3 is 5.97 Å². The summed E-state index contributed by atoms with van der Waals surface area (Å²) >= 11 is 0. The maximum Gasteiger partial charge on any atom is 0.312 e. The highest BCUT2D eigenvalue weighted by molar-refractivity contribution is 6.07. The molecule has 0 radical (unpaired) electrons. The second kappa shape index (κ2) is 12.7. The van der Waals surface area contributed by atoms with Gasteiger partial charge in [-0.15, -0.1) is 0 Å². The average molecular weight is 415 g/mol. The van der Waals surface area contributed by atoms with Gasteiger partial charge in [0.1, 0.15) is 12.4 Å². The lowest BCUT2D eigenvalue weighted by Crippen LogP contribution is -2.28. The van der Waals surface area contributed by atoms with E-state index in [1.54, 1.807) is 0 Å². The Morgan fingerprint density at radius 1 is 1.07 bits per heavy atom. The van der Waals surface area contributed by atoms with E-state index in [0.29, 0.717) is 5.57 Å². The van der Waals surface area contributed by atoms with Crippen LogP contribution in [0.2, 0.25) is 0 Å². The summed E-state index contributed by atoms with van der Waals surface area (Å²) in [5.74, 6) is -0.181. The SMILES string of the molecule is C=C(C=O)c1c(C)cc(C)cc1C(CCCCCCCCC)OC(=O)C(C)(C)CC. The number of hydrogen-bond donors (Lipinski definition) is 0. The van der Waals surface area contributed by atoms with Crippen LogP contribution >= 0.6 is 0 Å². The van der Waals surface area contributed by atoms with Gasteiger partial charge in [-0.25, -0.2) is 0 Å². The fourth-order valence-corrected chi connectivity index (χ4v) is 3.75. The third-order valence-corrected chi connectivity index (χ3v) is 6.08. The average Bonchev–Trinajstić information content (AvgIpc) is 2.70. The van der Waals surface area contributed by atoms with Crippen molar-refractivity contribution in [3.05, 3.63) is 41.0 Å². The number of allylic oxidation sites excluding steroid dienone is 1. The molecule has 3 nitrogen and oxygen atoms in total. The Morgan fingerprint density at radius 3 is 2.23 bits per heavy atom. The van der Waals surface area contributed by atoms with Crippen LogP contribution in [0.25, 0.3) is 5.57 Å². The number of ether oxygens (including phenoxy) is 1. The quantitative estimate of drug-likeness (QED) is 0.136. The summed E-state index contributed by atoms with van der Waals surface area (Å²) in [6.07, 6.45) is 10.4. The molecule has 3 heteroatoms. The lowest BCUT2D eigenvalue weighted by Gasteiger charge is -2.28. The van der Waals surface area contributed by atoms with E-state index in [-0.39, 0.29) is 12.1 Å². The predicted molar refractivity (Wildman–Crippen MR) is 127 cm³/mol. The van der Waals surface area contributed by atoms with Crippen LogP contribution in [0.5, 0.6) is 0 Å². The second-order valence-corrected chi connectivity index (χ2v) is 9.23. The molecule has 0 heterocycles. The number of rotatable bonds is 14. The van der Waals surface area contributed by atoms with Crippen LogP contribution in [-0.2, 0) is 14.3 Å². The van der Waals surface area contributed by atoms with E-state index in [9.17, 15) is 9.59 Å². The summed E-state index contributed by atoms with van der Waals surface area (Å²) < 4.78 is 6.09. The Morgan fingerprint density at radius 2 is 1.67 bits per heavy atom. The van der Waals surface area contributed by atoms with Crippen molar-refractivity contribution in [2.75, 3.05) is 0 Å². The molecule has 0 aromatic heterocycles. The standard InChI is InChI=1S/C27H42O3/c1-8-10-11-12-13-14-15-16-24(30-26(29)27(6,7)9-2)23-18-20(3)17-21(4)25(23)22(5)19-28/h17-19,24H,5,8-16H2,1-4,6-7H3. The first kappa shape index (κ1) is 26.1. The molecule has 0 saturated carbocycles. The summed E-state index contributed by atoms with van der Waals surface area (Å²) in [6.45, 7) is 16.1. The predicted octanol–water partition coefficient (Wildman–Crippen LogP) is 7.68. The van der Waals surface area contributed by atoms with E-state index in [0.717, 1.165) is 54.2 Å². The first-order valence-corrected chi connectivity index (χ1v) is 11.6. The van der Waals surface area contributed by atoms with Crippen LogP contribution in [0.4, 0.5) is 0 Å². The Kier molecular flexibility index (Phi) is 11.1. The van der Waals surface area contributed by atoms with E-state index < -0.39 is 5.41 Å². The number of benzene rings is 1. The molecule has 0 aliphatic heterocycles. The molecule has 0 aliphatic rings. The van der Waals surface area contributed by atoms with Crippen molar-refractivity contribution in [1.29, 1.82) is 0 Å². The van der Waals surface area contributed by atoms with Crippen molar-refractivity contribution >= 4 is 17.8 Å². The van der Waals surface area contributed by atoms with Gasteiger partial charge in [-0.1, -0.05) is 76.6 Å². The molecule has 0 N–H and O–H groups in total. The van der Waals surface area contributed by atoms with Crippen LogP contribution in [0.15, 0.2) is 18.7 Å². The largest absolute Gasteiger partial charge is 0.457 e. The monoisotopic (exact) mass is 414 g/mol. The molecule has 1 aromatic rings. The zero-order valence-corrected chi connectivity index (χ0v) is 20.1. The summed E-state index contributed by atoms with van der Waals surface area (Å²) in [6, 6.07) is 4.10. The molecule has 0 spiro atoms. The maximum atomic E-state index is 12.9. The summed E-state index contributed by atoms with van der Waals surface area (Å²) in [5, 5.41) is 0. The van der Waals surface area contributed by atoms with E-state index in [4.69, 9.17) is 4.74 Å². The number of unbranched alkanes of at least 4 members (excludes halogenated alkanes) is 6. The highest BCUT2D eigenvalue weighted by atomic mass is 16.5. The number of carbonyl (C=O) groups excluding carboxylic acids is 2. The third-order valence-electron chi connectivity index (χ3n) is 6.08. The van der Waals surface area contributed by atoms with Crippen molar-refractivity contribution in [1.82, 2.24) is 0 Å². The number of carbonyl (C=O) groups is 2. The normalized spacial score (nSPS) is 12.5. The van der Waals surface area contributed by atoms with Crippen molar-refractivity contribution < 1.29 is 14.3 Å². The molecule has 1 unspecified atom stereocenters. The molecule has 1 atom stereocenters. The van der Waals surface area contributed by atoms with Gasteiger partial charge in [0.25, 0.3) is 0 Å². The summed E-state index contributed by atoms with van der Waals surface area (Å²) in [4.78, 5) is 24.4. The van der Waals surface area contributed by atoms with Crippen LogP contribution in [0.1, 0.15) is 114 Å². The minimum atomic E-state index is -0.529. The zero-order chi connectivity index (χ0) is 22.7. The van der Waals surface area contributed by atoms with Crippen molar-refractivity contribution in [3.8, 4) is 0 Å². The highest BCUT2D eigenvalue weighted by Gasteiger charge is 2.31. The fraction of sp³-hybridized carbons (Fsp3) is 0.630. The Bertz CT molecular complexity index is 715. The number of aldehydes is 1. The molecule has 1 aromatic carbocycles. The van der Waals surface area contributed by atoms with Gasteiger partial charge in [-0.3, -0.25) is 9.59 Å². The summed E-state index contributed by atoms with van der Waals surface area (Å²) in [7, 11) is 0. The number of esters is 1. The molecular formula is C27H42O3. The van der Waals surface area contributed by atoms with Crippen molar-refractivity contribution in [2.24, 2.45) is 5.41 Å². The zero-order valence-electron chi connectivity index (χ0n) is 20.1. The van der Waals surface area contributed by atoms with E-state index in [1.165, 1.54) is 32.1 Å². The van der Waals surface area contributed by atoms with Gasteiger partial charge in [0, 0.05) is 11.1 Å². The smallest absolute Gasteiger partial charge is 0.312 e. The molecule has 0 fully saturated rings. The van der Waals surface area contributed by atoms with E-state index in [2.05, 4.69) is 25.6 Å². The molecule has 0 aliphatic carbocycles. The van der Waals surface area contributed by atoms with E-state index in [1.807, 2.05) is 34.6 Å². The van der Waals surface area contributed by atoms with Gasteiger partial charge in [-0.05, 0) is 58.1 Å². The molecule has 0 amide bonds. The lowest BCUT2D eigenvalue weighted by molar-refractivity contribution is -0.160. The van der Waals surface area contributed by atoms with Crippen LogP contribution < -0.4 is 0 Å². The molecule has 0 bridgehead atoms. The van der Waals surface area contributed by atoms with Gasteiger partial charge in [0.05, 0.1) is 5.41 Å². The van der Waals surface area contributed by atoms with E-state index >= 15 is 0 Å². The molecule has 0 saturated heterocycles. The molecule has 1 rings (SSSR count). The Hall–Kier alpha value is -1.90. The second-order valence-electron chi connectivity index (χ2n) is 9.23. The highest BCUT2D eigenvalue weighted by Crippen LogP contribution is 2.35. The molecule has 30 heavy (non-hydrogen) atoms. The van der Waals surface area contributed by atoms with Crippen molar-refractivity contribution in [3.63, 3.8) is 0 Å². The van der Waals surface area contributed by atoms with Gasteiger partial charge < -0.3 is 4.74 Å². The molecule has 168 valence electrons. The minimum Gasteiger partial charge on any atom is -0.457 e. The van der Waals surface area contributed by atoms with Gasteiger partial charge in [0.15, 0.2) is 0 Å². The van der Waals surface area contributed by atoms with Crippen LogP contribution in [-0.4, -0.2) is 12.3 Å². The van der Waals surface area contributed by atoms with Gasteiger partial charge in [0.2, 0.25) is 0 Å². The fourth-order valence-electron chi connectivity index (χ4n) is 3.75. The molecular weight excluding hydrogens is 372 g/mol. The Balaban J connectivity index is 3.10. The third kappa shape index (κ3) is 7.74. The first-order valence-electron chi connectivity index (χ1n) is 11.6. The van der Waals surface area contributed by atoms with Gasteiger partial charge in [-0.2, -0.15) is 0 Å².